The predicted octanol–water partition coefficient (Wildman–Crippen LogP) is 1.29. The number of nitrogens with zero attached hydrogens (tertiary/aromatic N) is 2. The van der Waals surface area contributed by atoms with Crippen LogP contribution in [0.2, 0.25) is 0 Å². The van der Waals surface area contributed by atoms with E-state index in [1.165, 1.54) is 0 Å². The molecule has 2 aromatic rings. The lowest BCUT2D eigenvalue weighted by atomic mass is 10.1. The second-order valence-corrected chi connectivity index (χ2v) is 4.22. The van der Waals surface area contributed by atoms with Crippen LogP contribution in [0.15, 0.2) is 58.4 Å². The molecule has 0 saturated heterocycles. The van der Waals surface area contributed by atoms with Crippen LogP contribution in [-0.4, -0.2) is 10.5 Å². The summed E-state index contributed by atoms with van der Waals surface area (Å²) in [5, 5.41) is 0. The van der Waals surface area contributed by atoms with E-state index in [2.05, 4.69) is 4.99 Å². The van der Waals surface area contributed by atoms with Crippen LogP contribution in [0.4, 0.5) is 0 Å². The van der Waals surface area contributed by atoms with E-state index in [-0.39, 0.29) is 35.5 Å². The highest BCUT2D eigenvalue weighted by Gasteiger charge is 1.98. The quantitative estimate of drug-likeness (QED) is 0.473. The summed E-state index contributed by atoms with van der Waals surface area (Å²) in [6.07, 6.45) is 1.77. The normalized spacial score (nSPS) is 9.60. The van der Waals surface area contributed by atoms with Crippen molar-refractivity contribution < 1.29 is 0 Å². The number of aromatic nitrogens is 1. The van der Waals surface area contributed by atoms with Gasteiger partial charge in [-0.1, -0.05) is 30.3 Å². The summed E-state index contributed by atoms with van der Waals surface area (Å²) in [4.78, 5) is 15.5. The van der Waals surface area contributed by atoms with Gasteiger partial charge in [-0.2, -0.15) is 0 Å². The van der Waals surface area contributed by atoms with Crippen molar-refractivity contribution in [2.75, 3.05) is 0 Å². The number of pyridine rings is 1. The molecule has 1 heterocycles. The van der Waals surface area contributed by atoms with Crippen molar-refractivity contribution in [2.45, 2.75) is 13.1 Å². The molecule has 0 aliphatic rings. The first-order valence-electron chi connectivity index (χ1n) is 5.94. The number of rotatable bonds is 4. The molecule has 5 nitrogen and oxygen atoms in total. The maximum absolute atomic E-state index is 11.6. The van der Waals surface area contributed by atoms with Crippen molar-refractivity contribution in [1.82, 2.24) is 4.57 Å². The van der Waals surface area contributed by atoms with E-state index in [0.717, 1.165) is 11.1 Å². The minimum absolute atomic E-state index is 0. The largest absolute Gasteiger partial charge is 0.370 e. The average molecular weight is 384 g/mol. The molecule has 0 bridgehead atoms. The molecule has 0 aliphatic heterocycles. The van der Waals surface area contributed by atoms with Crippen LogP contribution in [0, 0.1) is 0 Å². The highest BCUT2D eigenvalue weighted by Crippen LogP contribution is 2.06. The van der Waals surface area contributed by atoms with Gasteiger partial charge in [-0.15, -0.1) is 24.0 Å². The Bertz CT molecular complexity index is 630. The van der Waals surface area contributed by atoms with Gasteiger partial charge in [0.05, 0.1) is 13.1 Å². The van der Waals surface area contributed by atoms with Gasteiger partial charge < -0.3 is 16.0 Å². The number of hydrogen-bond acceptors (Lipinski definition) is 2. The minimum atomic E-state index is -0.00733. The van der Waals surface area contributed by atoms with Gasteiger partial charge in [-0.05, 0) is 17.2 Å². The van der Waals surface area contributed by atoms with E-state index in [1.807, 2.05) is 30.3 Å². The summed E-state index contributed by atoms with van der Waals surface area (Å²) in [5.74, 6) is 0.0833. The van der Waals surface area contributed by atoms with Crippen LogP contribution in [0.5, 0.6) is 0 Å². The molecule has 0 saturated carbocycles. The van der Waals surface area contributed by atoms with E-state index < -0.39 is 0 Å². The summed E-state index contributed by atoms with van der Waals surface area (Å²) in [6, 6.07) is 13.0. The topological polar surface area (TPSA) is 86.4 Å². The van der Waals surface area contributed by atoms with E-state index in [4.69, 9.17) is 11.5 Å². The van der Waals surface area contributed by atoms with E-state index in [9.17, 15) is 4.79 Å². The highest BCUT2D eigenvalue weighted by atomic mass is 127. The maximum atomic E-state index is 11.6. The minimum Gasteiger partial charge on any atom is -0.370 e. The SMILES string of the molecule is I.NC(N)=NCc1ccc(Cn2ccccc2=O)cc1. The Kier molecular flexibility index (Phi) is 6.23. The van der Waals surface area contributed by atoms with E-state index >= 15 is 0 Å². The van der Waals surface area contributed by atoms with Crippen molar-refractivity contribution >= 4 is 29.9 Å². The summed E-state index contributed by atoms with van der Waals surface area (Å²) in [6.45, 7) is 1.02. The van der Waals surface area contributed by atoms with Crippen molar-refractivity contribution in [3.8, 4) is 0 Å². The van der Waals surface area contributed by atoms with Gasteiger partial charge >= 0.3 is 0 Å². The Hall–Kier alpha value is -1.83. The first-order chi connectivity index (χ1) is 9.15. The third-order valence-corrected chi connectivity index (χ3v) is 2.72. The van der Waals surface area contributed by atoms with Crippen LogP contribution in [0.3, 0.4) is 0 Å². The second kappa shape index (κ2) is 7.68. The predicted molar refractivity (Wildman–Crippen MR) is 91.2 cm³/mol. The second-order valence-electron chi connectivity index (χ2n) is 4.22. The molecule has 106 valence electrons. The van der Waals surface area contributed by atoms with Gasteiger partial charge in [-0.3, -0.25) is 4.79 Å². The van der Waals surface area contributed by atoms with Crippen molar-refractivity contribution in [3.63, 3.8) is 0 Å². The van der Waals surface area contributed by atoms with Crippen LogP contribution in [-0.2, 0) is 13.1 Å². The molecule has 0 unspecified atom stereocenters. The van der Waals surface area contributed by atoms with Gasteiger partial charge in [0, 0.05) is 12.3 Å². The molecule has 1 aromatic heterocycles. The summed E-state index contributed by atoms with van der Waals surface area (Å²) < 4.78 is 1.66. The molecule has 0 aliphatic carbocycles. The standard InChI is InChI=1S/C14H16N4O.HI/c15-14(16)17-9-11-4-6-12(7-5-11)10-18-8-2-1-3-13(18)19;/h1-8H,9-10H2,(H4,15,16,17);1H. The first-order valence-corrected chi connectivity index (χ1v) is 5.94. The fraction of sp³-hybridized carbons (Fsp3) is 0.143. The smallest absolute Gasteiger partial charge is 0.250 e. The van der Waals surface area contributed by atoms with Crippen molar-refractivity contribution in [1.29, 1.82) is 0 Å². The third-order valence-electron chi connectivity index (χ3n) is 2.72. The Morgan fingerprint density at radius 2 is 1.70 bits per heavy atom. The molecule has 0 spiro atoms. The van der Waals surface area contributed by atoms with Crippen molar-refractivity contribution in [2.24, 2.45) is 16.5 Å². The molecule has 0 atom stereocenters. The lowest BCUT2D eigenvalue weighted by molar-refractivity contribution is 0.759. The highest BCUT2D eigenvalue weighted by molar-refractivity contribution is 14.0. The lowest BCUT2D eigenvalue weighted by Gasteiger charge is -2.06. The maximum Gasteiger partial charge on any atom is 0.250 e. The number of benzene rings is 1. The van der Waals surface area contributed by atoms with Gasteiger partial charge in [0.1, 0.15) is 0 Å². The summed E-state index contributed by atoms with van der Waals surface area (Å²) in [5.41, 5.74) is 12.6. The molecule has 20 heavy (non-hydrogen) atoms. The van der Waals surface area contributed by atoms with Crippen LogP contribution in [0.1, 0.15) is 11.1 Å². The van der Waals surface area contributed by atoms with Crippen LogP contribution >= 0.6 is 24.0 Å². The summed E-state index contributed by atoms with van der Waals surface area (Å²) >= 11 is 0. The van der Waals surface area contributed by atoms with Crippen LogP contribution < -0.4 is 17.0 Å². The Balaban J connectivity index is 0.00000200. The zero-order valence-electron chi connectivity index (χ0n) is 10.9. The molecule has 1 aromatic carbocycles. The molecule has 4 N–H and O–H groups in total. The van der Waals surface area contributed by atoms with Crippen LogP contribution in [0.25, 0.3) is 0 Å². The zero-order chi connectivity index (χ0) is 13.7. The monoisotopic (exact) mass is 384 g/mol. The molecular formula is C14H17IN4O. The Morgan fingerprint density at radius 1 is 1.05 bits per heavy atom. The molecule has 0 fully saturated rings. The molecular weight excluding hydrogens is 367 g/mol. The number of halogens is 1. The van der Waals surface area contributed by atoms with Crippen molar-refractivity contribution in [3.05, 3.63) is 70.1 Å². The zero-order valence-corrected chi connectivity index (χ0v) is 13.2. The fourth-order valence-electron chi connectivity index (χ4n) is 1.72. The number of nitrogens with two attached hydrogens (primary N) is 2. The molecule has 6 heteroatoms. The number of guanidine groups is 1. The Labute approximate surface area is 134 Å². The van der Waals surface area contributed by atoms with Gasteiger partial charge in [-0.25, -0.2) is 4.99 Å². The van der Waals surface area contributed by atoms with Gasteiger partial charge in [0.2, 0.25) is 0 Å². The number of aliphatic imine (C=N–C) groups is 1. The Morgan fingerprint density at radius 3 is 2.30 bits per heavy atom. The van der Waals surface area contributed by atoms with Gasteiger partial charge in [0.15, 0.2) is 5.96 Å². The fourth-order valence-corrected chi connectivity index (χ4v) is 1.72. The third kappa shape index (κ3) is 4.69. The average Bonchev–Trinajstić information content (AvgIpc) is 2.40. The lowest BCUT2D eigenvalue weighted by Crippen LogP contribution is -2.22. The molecule has 2 rings (SSSR count). The molecule has 0 radical (unpaired) electrons. The first kappa shape index (κ1) is 16.2. The molecule has 0 amide bonds. The van der Waals surface area contributed by atoms with Gasteiger partial charge in [0.25, 0.3) is 5.56 Å². The van der Waals surface area contributed by atoms with E-state index in [0.29, 0.717) is 13.1 Å². The summed E-state index contributed by atoms with van der Waals surface area (Å²) in [7, 11) is 0. The number of hydrogen-bond donors (Lipinski definition) is 2. The van der Waals surface area contributed by atoms with E-state index in [1.54, 1.807) is 22.9 Å².